The van der Waals surface area contributed by atoms with Crippen LogP contribution in [0.2, 0.25) is 0 Å². The molecule has 1 aliphatic rings. The van der Waals surface area contributed by atoms with Gasteiger partial charge in [0, 0.05) is 11.1 Å². The summed E-state index contributed by atoms with van der Waals surface area (Å²) in [6, 6.07) is 0. The van der Waals surface area contributed by atoms with Gasteiger partial charge in [-0.3, -0.25) is 14.4 Å². The van der Waals surface area contributed by atoms with Gasteiger partial charge in [-0.05, 0) is 36.3 Å². The van der Waals surface area contributed by atoms with E-state index in [1.54, 1.807) is 6.08 Å². The molecule has 1 aliphatic carbocycles. The molecule has 4 heteroatoms. The number of hydrogen-bond donors (Lipinski definition) is 1. The smallest absolute Gasteiger partial charge is 0.230 e. The predicted molar refractivity (Wildman–Crippen MR) is 90.0 cm³/mol. The van der Waals surface area contributed by atoms with Crippen molar-refractivity contribution in [2.24, 2.45) is 10.8 Å². The van der Waals surface area contributed by atoms with E-state index in [9.17, 15) is 19.5 Å². The lowest BCUT2D eigenvalue weighted by Gasteiger charge is -2.32. The van der Waals surface area contributed by atoms with Crippen molar-refractivity contribution in [3.8, 4) is 0 Å². The standard InChI is InChI=1S/C19H26O4/c1-10(20)14(11(2)21)12-9-13(18(3,4)5)16(22)17(23)15(12)19(6,7)8/h9,20H,1-8H3. The SMILES string of the molecule is CC(=O)C(=C(C)O)C1=C(C(C)(C)C)C(=O)C(=O)C(C(C)(C)C)=C1. The molecule has 0 aliphatic heterocycles. The minimum atomic E-state index is -0.627. The highest BCUT2D eigenvalue weighted by Gasteiger charge is 2.40. The second-order valence-corrected chi connectivity index (χ2v) is 8.02. The molecule has 0 fully saturated rings. The largest absolute Gasteiger partial charge is 0.512 e. The van der Waals surface area contributed by atoms with E-state index in [0.29, 0.717) is 11.1 Å². The highest BCUT2D eigenvalue weighted by atomic mass is 16.3. The summed E-state index contributed by atoms with van der Waals surface area (Å²) in [7, 11) is 0. The van der Waals surface area contributed by atoms with Gasteiger partial charge in [-0.2, -0.15) is 0 Å². The summed E-state index contributed by atoms with van der Waals surface area (Å²) in [5, 5.41) is 9.96. The minimum Gasteiger partial charge on any atom is -0.512 e. The first-order valence-electron chi connectivity index (χ1n) is 7.66. The second kappa shape index (κ2) is 5.91. The number of aliphatic hydroxyl groups is 1. The van der Waals surface area contributed by atoms with E-state index in [1.165, 1.54) is 13.8 Å². The van der Waals surface area contributed by atoms with Crippen molar-refractivity contribution in [1.29, 1.82) is 0 Å². The molecule has 0 bridgehead atoms. The Labute approximate surface area is 138 Å². The van der Waals surface area contributed by atoms with Crippen molar-refractivity contribution < 1.29 is 19.5 Å². The van der Waals surface area contributed by atoms with Crippen molar-refractivity contribution in [1.82, 2.24) is 0 Å². The third-order valence-corrected chi connectivity index (χ3v) is 3.78. The van der Waals surface area contributed by atoms with Crippen molar-refractivity contribution in [3.63, 3.8) is 0 Å². The Bertz CT molecular complexity index is 667. The summed E-state index contributed by atoms with van der Waals surface area (Å²) in [5.74, 6) is -1.63. The lowest BCUT2D eigenvalue weighted by molar-refractivity contribution is -0.133. The van der Waals surface area contributed by atoms with Gasteiger partial charge < -0.3 is 5.11 Å². The molecule has 0 aromatic carbocycles. The van der Waals surface area contributed by atoms with E-state index in [0.717, 1.165) is 0 Å². The number of rotatable bonds is 2. The lowest BCUT2D eigenvalue weighted by Crippen LogP contribution is -2.35. The van der Waals surface area contributed by atoms with Gasteiger partial charge in [0.05, 0.1) is 5.57 Å². The van der Waals surface area contributed by atoms with Gasteiger partial charge in [0.1, 0.15) is 5.76 Å². The average Bonchev–Trinajstić information content (AvgIpc) is 2.29. The Morgan fingerprint density at radius 2 is 1.39 bits per heavy atom. The maximum atomic E-state index is 12.7. The topological polar surface area (TPSA) is 71.4 Å². The molecule has 0 spiro atoms. The molecule has 0 aromatic rings. The van der Waals surface area contributed by atoms with Gasteiger partial charge in [0.15, 0.2) is 5.78 Å². The third kappa shape index (κ3) is 3.69. The first-order chi connectivity index (χ1) is 10.2. The van der Waals surface area contributed by atoms with Crippen LogP contribution in [0, 0.1) is 10.8 Å². The zero-order chi connectivity index (χ0) is 18.3. The molecule has 0 aromatic heterocycles. The second-order valence-electron chi connectivity index (χ2n) is 8.02. The Balaban J connectivity index is 3.94. The molecule has 0 atom stereocenters. The first-order valence-corrected chi connectivity index (χ1v) is 7.66. The maximum absolute atomic E-state index is 12.7. The average molecular weight is 318 g/mol. The summed E-state index contributed by atoms with van der Waals surface area (Å²) in [6.45, 7) is 13.7. The van der Waals surface area contributed by atoms with Crippen LogP contribution in [0.4, 0.5) is 0 Å². The van der Waals surface area contributed by atoms with E-state index >= 15 is 0 Å². The number of allylic oxidation sites excluding steroid dienone is 6. The highest BCUT2D eigenvalue weighted by molar-refractivity contribution is 6.51. The monoisotopic (exact) mass is 318 g/mol. The fourth-order valence-corrected chi connectivity index (χ4v) is 2.78. The third-order valence-electron chi connectivity index (χ3n) is 3.78. The van der Waals surface area contributed by atoms with Crippen LogP contribution < -0.4 is 0 Å². The van der Waals surface area contributed by atoms with Crippen molar-refractivity contribution in [3.05, 3.63) is 34.1 Å². The Morgan fingerprint density at radius 3 is 1.70 bits per heavy atom. The fraction of sp³-hybridized carbons (Fsp3) is 0.526. The van der Waals surface area contributed by atoms with E-state index in [1.807, 2.05) is 41.5 Å². The molecule has 0 unspecified atom stereocenters. The minimum absolute atomic E-state index is 0.0949. The molecule has 0 radical (unpaired) electrons. The van der Waals surface area contributed by atoms with Gasteiger partial charge >= 0.3 is 0 Å². The maximum Gasteiger partial charge on any atom is 0.230 e. The van der Waals surface area contributed by atoms with Gasteiger partial charge in [-0.15, -0.1) is 0 Å². The van der Waals surface area contributed by atoms with E-state index in [-0.39, 0.29) is 22.7 Å². The van der Waals surface area contributed by atoms with E-state index in [2.05, 4.69) is 0 Å². The molecular weight excluding hydrogens is 292 g/mol. The molecule has 0 heterocycles. The van der Waals surface area contributed by atoms with Crippen LogP contribution >= 0.6 is 0 Å². The number of carbonyl (C=O) groups excluding carboxylic acids is 3. The molecular formula is C19H26O4. The molecule has 1 N–H and O–H groups in total. The van der Waals surface area contributed by atoms with Crippen LogP contribution in [-0.4, -0.2) is 22.5 Å². The summed E-state index contributed by atoms with van der Waals surface area (Å²) < 4.78 is 0. The molecule has 0 saturated heterocycles. The van der Waals surface area contributed by atoms with Crippen molar-refractivity contribution >= 4 is 17.3 Å². The van der Waals surface area contributed by atoms with Gasteiger partial charge in [0.25, 0.3) is 0 Å². The fourth-order valence-electron chi connectivity index (χ4n) is 2.78. The van der Waals surface area contributed by atoms with Crippen molar-refractivity contribution in [2.45, 2.75) is 55.4 Å². The molecule has 1 rings (SSSR count). The van der Waals surface area contributed by atoms with Crippen LogP contribution in [0.15, 0.2) is 34.1 Å². The number of hydrogen-bond acceptors (Lipinski definition) is 4. The predicted octanol–water partition coefficient (Wildman–Crippen LogP) is 3.87. The number of aliphatic hydroxyl groups excluding tert-OH is 1. The number of carbonyl (C=O) groups is 3. The Morgan fingerprint density at radius 1 is 0.913 bits per heavy atom. The lowest BCUT2D eigenvalue weighted by atomic mass is 9.69. The molecule has 4 nitrogen and oxygen atoms in total. The van der Waals surface area contributed by atoms with E-state index < -0.39 is 22.4 Å². The zero-order valence-corrected chi connectivity index (χ0v) is 15.2. The van der Waals surface area contributed by atoms with Crippen LogP contribution in [0.3, 0.4) is 0 Å². The van der Waals surface area contributed by atoms with Gasteiger partial charge in [-0.25, -0.2) is 0 Å². The molecule has 23 heavy (non-hydrogen) atoms. The molecule has 0 amide bonds. The normalized spacial score (nSPS) is 18.0. The van der Waals surface area contributed by atoms with Gasteiger partial charge in [0.2, 0.25) is 11.6 Å². The van der Waals surface area contributed by atoms with Crippen molar-refractivity contribution in [2.75, 3.05) is 0 Å². The van der Waals surface area contributed by atoms with Crippen LogP contribution in [0.25, 0.3) is 0 Å². The quantitative estimate of drug-likeness (QED) is 0.363. The summed E-state index contributed by atoms with van der Waals surface area (Å²) in [5.41, 5.74) is -0.0817. The first kappa shape index (κ1) is 19.1. The Hall–Kier alpha value is -1.97. The molecule has 126 valence electrons. The summed E-state index contributed by atoms with van der Waals surface area (Å²) in [6.07, 6.45) is 1.60. The zero-order valence-electron chi connectivity index (χ0n) is 15.2. The summed E-state index contributed by atoms with van der Waals surface area (Å²) >= 11 is 0. The van der Waals surface area contributed by atoms with Crippen LogP contribution in [0.1, 0.15) is 55.4 Å². The van der Waals surface area contributed by atoms with Crippen LogP contribution in [0.5, 0.6) is 0 Å². The van der Waals surface area contributed by atoms with Crippen LogP contribution in [-0.2, 0) is 14.4 Å². The summed E-state index contributed by atoms with van der Waals surface area (Å²) in [4.78, 5) is 37.3. The number of ketones is 3. The molecule has 0 saturated carbocycles. The van der Waals surface area contributed by atoms with Gasteiger partial charge in [-0.1, -0.05) is 41.5 Å². The number of Topliss-reactive ketones (excluding diaryl/α,β-unsaturated/α-hetero) is 3. The van der Waals surface area contributed by atoms with E-state index in [4.69, 9.17) is 0 Å². The Kier molecular flexibility index (Phi) is 4.90. The highest BCUT2D eigenvalue weighted by Crippen LogP contribution is 2.40.